The fourth-order valence-corrected chi connectivity index (χ4v) is 4.09. The molecule has 0 fully saturated rings. The van der Waals surface area contributed by atoms with E-state index in [4.69, 9.17) is 23.2 Å². The minimum Gasteiger partial charge on any atom is -0.374 e. The highest BCUT2D eigenvalue weighted by Gasteiger charge is 2.16. The van der Waals surface area contributed by atoms with Gasteiger partial charge in [-0.15, -0.1) is 0 Å². The summed E-state index contributed by atoms with van der Waals surface area (Å²) < 4.78 is 0. The van der Waals surface area contributed by atoms with Crippen LogP contribution < -0.4 is 16.0 Å². The molecule has 1 aliphatic heterocycles. The van der Waals surface area contributed by atoms with Crippen molar-refractivity contribution in [2.24, 2.45) is 0 Å². The van der Waals surface area contributed by atoms with E-state index in [0.717, 1.165) is 43.6 Å². The molecule has 0 unspecified atom stereocenters. The third kappa shape index (κ3) is 6.73. The van der Waals surface area contributed by atoms with Crippen LogP contribution in [0.25, 0.3) is 5.57 Å². The lowest BCUT2D eigenvalue weighted by Gasteiger charge is -2.18. The minimum absolute atomic E-state index is 0.102. The molecular weight excluding hydrogens is 429 g/mol. The molecule has 0 saturated carbocycles. The zero-order valence-electron chi connectivity index (χ0n) is 18.2. The number of rotatable bonds is 6. The highest BCUT2D eigenvalue weighted by Crippen LogP contribution is 2.37. The van der Waals surface area contributed by atoms with Crippen molar-refractivity contribution in [2.45, 2.75) is 45.4 Å². The lowest BCUT2D eigenvalue weighted by Crippen LogP contribution is -2.22. The van der Waals surface area contributed by atoms with Crippen LogP contribution in [0.3, 0.4) is 0 Å². The van der Waals surface area contributed by atoms with Gasteiger partial charge in [0.1, 0.15) is 0 Å². The van der Waals surface area contributed by atoms with Gasteiger partial charge in [-0.2, -0.15) is 0 Å². The molecule has 0 saturated heterocycles. The maximum absolute atomic E-state index is 12.6. The molecule has 1 heterocycles. The number of benzene rings is 2. The molecule has 31 heavy (non-hydrogen) atoms. The van der Waals surface area contributed by atoms with Crippen LogP contribution in [-0.2, 0) is 4.79 Å². The van der Waals surface area contributed by atoms with Crippen LogP contribution in [0.4, 0.5) is 11.4 Å². The predicted molar refractivity (Wildman–Crippen MR) is 133 cm³/mol. The van der Waals surface area contributed by atoms with Gasteiger partial charge < -0.3 is 16.0 Å². The number of anilines is 2. The van der Waals surface area contributed by atoms with Crippen LogP contribution in [0.1, 0.15) is 56.6 Å². The summed E-state index contributed by atoms with van der Waals surface area (Å²) in [6, 6.07) is 11.7. The molecule has 6 heteroatoms. The summed E-state index contributed by atoms with van der Waals surface area (Å²) in [6.07, 6.45) is 6.55. The Morgan fingerprint density at radius 2 is 1.97 bits per heavy atom. The van der Waals surface area contributed by atoms with Gasteiger partial charge in [-0.05, 0) is 74.0 Å². The second kappa shape index (κ2) is 11.6. The number of nitrogens with one attached hydrogen (secondary N) is 3. The highest BCUT2D eigenvalue weighted by atomic mass is 35.5. The smallest absolute Gasteiger partial charge is 0.243 e. The second-order valence-electron chi connectivity index (χ2n) is 8.19. The molecule has 0 aromatic heterocycles. The van der Waals surface area contributed by atoms with Crippen molar-refractivity contribution in [3.8, 4) is 0 Å². The van der Waals surface area contributed by atoms with Crippen molar-refractivity contribution in [2.75, 3.05) is 30.3 Å². The van der Waals surface area contributed by atoms with Gasteiger partial charge in [-0.25, -0.2) is 0 Å². The number of hydrogen-bond acceptors (Lipinski definition) is 3. The average Bonchev–Trinajstić information content (AvgIpc) is 2.89. The van der Waals surface area contributed by atoms with Crippen LogP contribution in [0, 0.1) is 0 Å². The molecule has 0 radical (unpaired) electrons. The van der Waals surface area contributed by atoms with Crippen LogP contribution in [-0.4, -0.2) is 25.5 Å². The van der Waals surface area contributed by atoms with Crippen LogP contribution in [0.2, 0.25) is 10.0 Å². The first-order valence-corrected chi connectivity index (χ1v) is 11.7. The van der Waals surface area contributed by atoms with Crippen LogP contribution >= 0.6 is 23.2 Å². The molecule has 0 atom stereocenters. The van der Waals surface area contributed by atoms with Gasteiger partial charge >= 0.3 is 0 Å². The maximum atomic E-state index is 12.6. The molecular formula is C25H31Cl2N3O. The number of amides is 1. The van der Waals surface area contributed by atoms with Crippen molar-refractivity contribution in [3.05, 3.63) is 63.6 Å². The largest absolute Gasteiger partial charge is 0.374 e. The van der Waals surface area contributed by atoms with Crippen molar-refractivity contribution < 1.29 is 4.79 Å². The molecule has 0 spiro atoms. The zero-order chi connectivity index (χ0) is 22.2. The number of halogens is 2. The minimum atomic E-state index is -0.131. The van der Waals surface area contributed by atoms with E-state index in [2.05, 4.69) is 41.9 Å². The number of carbonyl (C=O) groups is 1. The Labute approximate surface area is 195 Å². The normalized spacial score (nSPS) is 16.6. The van der Waals surface area contributed by atoms with Gasteiger partial charge in [-0.3, -0.25) is 4.79 Å². The lowest BCUT2D eigenvalue weighted by molar-refractivity contribution is -0.114. The third-order valence-electron chi connectivity index (χ3n) is 5.47. The first kappa shape index (κ1) is 23.6. The van der Waals surface area contributed by atoms with E-state index in [1.165, 1.54) is 17.6 Å². The SMILES string of the molecule is CC(C)c1cccc(NC(=O)CNc2c(/C3=C/CCCCNCC3)ccc(Cl)c2Cl)c1. The topological polar surface area (TPSA) is 53.2 Å². The maximum Gasteiger partial charge on any atom is 0.243 e. The summed E-state index contributed by atoms with van der Waals surface area (Å²) in [7, 11) is 0. The fourth-order valence-electron chi connectivity index (χ4n) is 3.71. The summed E-state index contributed by atoms with van der Waals surface area (Å²) in [4.78, 5) is 12.6. The Bertz CT molecular complexity index is 940. The number of carbonyl (C=O) groups excluding carboxylic acids is 1. The summed E-state index contributed by atoms with van der Waals surface area (Å²) in [5.74, 6) is 0.270. The first-order valence-electron chi connectivity index (χ1n) is 11.0. The van der Waals surface area contributed by atoms with Gasteiger partial charge in [0.2, 0.25) is 5.91 Å². The molecule has 166 valence electrons. The van der Waals surface area contributed by atoms with Crippen LogP contribution in [0.15, 0.2) is 42.5 Å². The monoisotopic (exact) mass is 459 g/mol. The molecule has 0 aliphatic carbocycles. The summed E-state index contributed by atoms with van der Waals surface area (Å²) in [5.41, 5.74) is 4.92. The van der Waals surface area contributed by atoms with Gasteiger partial charge in [-0.1, -0.05) is 61.3 Å². The van der Waals surface area contributed by atoms with E-state index in [-0.39, 0.29) is 12.5 Å². The van der Waals surface area contributed by atoms with Crippen molar-refractivity contribution in [1.29, 1.82) is 0 Å². The fraction of sp³-hybridized carbons (Fsp3) is 0.400. The Hall–Kier alpha value is -2.01. The van der Waals surface area contributed by atoms with Crippen molar-refractivity contribution in [3.63, 3.8) is 0 Å². The summed E-state index contributed by atoms with van der Waals surface area (Å²) in [6.45, 7) is 6.33. The second-order valence-corrected chi connectivity index (χ2v) is 8.98. The van der Waals surface area contributed by atoms with E-state index >= 15 is 0 Å². The molecule has 2 aromatic carbocycles. The molecule has 1 amide bonds. The molecule has 0 bridgehead atoms. The van der Waals surface area contributed by atoms with Crippen molar-refractivity contribution >= 4 is 46.1 Å². The summed E-state index contributed by atoms with van der Waals surface area (Å²) in [5, 5.41) is 10.6. The molecule has 3 rings (SSSR count). The Morgan fingerprint density at radius 3 is 2.77 bits per heavy atom. The third-order valence-corrected chi connectivity index (χ3v) is 6.28. The molecule has 2 aromatic rings. The lowest BCUT2D eigenvalue weighted by atomic mass is 9.99. The standard InChI is InChI=1S/C25H31Cl2N3O/c1-17(2)19-8-6-9-20(15-19)30-23(31)16-29-25-21(10-11-22(26)24(25)27)18-7-4-3-5-13-28-14-12-18/h6-11,15,17,28-29H,3-5,12-14,16H2,1-2H3,(H,30,31)/b18-7+. The van der Waals surface area contributed by atoms with Gasteiger partial charge in [0.05, 0.1) is 22.3 Å². The van der Waals surface area contributed by atoms with Gasteiger partial charge in [0.25, 0.3) is 0 Å². The van der Waals surface area contributed by atoms with Gasteiger partial charge in [0.15, 0.2) is 0 Å². The van der Waals surface area contributed by atoms with Gasteiger partial charge in [0, 0.05) is 11.3 Å². The van der Waals surface area contributed by atoms with E-state index in [9.17, 15) is 4.79 Å². The first-order chi connectivity index (χ1) is 15.0. The predicted octanol–water partition coefficient (Wildman–Crippen LogP) is 6.71. The average molecular weight is 460 g/mol. The van der Waals surface area contributed by atoms with E-state index in [0.29, 0.717) is 21.7 Å². The molecule has 4 nitrogen and oxygen atoms in total. The van der Waals surface area contributed by atoms with E-state index < -0.39 is 0 Å². The van der Waals surface area contributed by atoms with Crippen LogP contribution in [0.5, 0.6) is 0 Å². The number of allylic oxidation sites excluding steroid dienone is 1. The Morgan fingerprint density at radius 1 is 1.13 bits per heavy atom. The van der Waals surface area contributed by atoms with Crippen molar-refractivity contribution in [1.82, 2.24) is 5.32 Å². The van der Waals surface area contributed by atoms with E-state index in [1.807, 2.05) is 30.3 Å². The quantitative estimate of drug-likeness (QED) is 0.449. The zero-order valence-corrected chi connectivity index (χ0v) is 19.7. The Kier molecular flexibility index (Phi) is 8.82. The summed E-state index contributed by atoms with van der Waals surface area (Å²) >= 11 is 12.9. The molecule has 1 aliphatic rings. The van der Waals surface area contributed by atoms with E-state index in [1.54, 1.807) is 0 Å². The Balaban J connectivity index is 1.75. The number of hydrogen-bond donors (Lipinski definition) is 3. The highest BCUT2D eigenvalue weighted by molar-refractivity contribution is 6.44. The molecule has 3 N–H and O–H groups in total.